The van der Waals surface area contributed by atoms with Crippen molar-refractivity contribution in [3.63, 3.8) is 0 Å². The molecule has 0 saturated carbocycles. The lowest BCUT2D eigenvalue weighted by molar-refractivity contribution is -0.148. The van der Waals surface area contributed by atoms with Gasteiger partial charge in [-0.1, -0.05) is 0 Å². The van der Waals surface area contributed by atoms with Gasteiger partial charge in [-0.3, -0.25) is 9.59 Å². The summed E-state index contributed by atoms with van der Waals surface area (Å²) in [7, 11) is 0. The SMILES string of the molecule is O=C1NCCN(CC2CCNCC2)C1=O. The van der Waals surface area contributed by atoms with E-state index in [1.807, 2.05) is 0 Å². The quantitative estimate of drug-likeness (QED) is 0.573. The molecule has 0 bridgehead atoms. The molecule has 2 heterocycles. The molecule has 2 fully saturated rings. The van der Waals surface area contributed by atoms with Crippen LogP contribution in [0.2, 0.25) is 0 Å². The zero-order valence-corrected chi connectivity index (χ0v) is 8.79. The monoisotopic (exact) mass is 211 g/mol. The van der Waals surface area contributed by atoms with E-state index in [2.05, 4.69) is 10.6 Å². The molecule has 0 atom stereocenters. The fraction of sp³-hybridized carbons (Fsp3) is 0.800. The first-order valence-electron chi connectivity index (χ1n) is 5.55. The average molecular weight is 211 g/mol. The number of nitrogens with zero attached hydrogens (tertiary/aromatic N) is 1. The van der Waals surface area contributed by atoms with Gasteiger partial charge in [-0.25, -0.2) is 0 Å². The van der Waals surface area contributed by atoms with Gasteiger partial charge >= 0.3 is 11.8 Å². The third kappa shape index (κ3) is 2.47. The van der Waals surface area contributed by atoms with Crippen molar-refractivity contribution in [3.05, 3.63) is 0 Å². The van der Waals surface area contributed by atoms with Crippen LogP contribution in [0.1, 0.15) is 12.8 Å². The van der Waals surface area contributed by atoms with Crippen molar-refractivity contribution < 1.29 is 9.59 Å². The van der Waals surface area contributed by atoms with Gasteiger partial charge in [0.25, 0.3) is 0 Å². The second-order valence-corrected chi connectivity index (χ2v) is 4.20. The molecule has 2 aliphatic rings. The van der Waals surface area contributed by atoms with Crippen molar-refractivity contribution in [3.8, 4) is 0 Å². The van der Waals surface area contributed by atoms with E-state index in [-0.39, 0.29) is 5.91 Å². The number of amides is 2. The van der Waals surface area contributed by atoms with Crippen molar-refractivity contribution in [2.24, 2.45) is 5.92 Å². The van der Waals surface area contributed by atoms with E-state index in [1.54, 1.807) is 4.90 Å². The minimum absolute atomic E-state index is 0.361. The summed E-state index contributed by atoms with van der Waals surface area (Å²) in [5.41, 5.74) is 0. The van der Waals surface area contributed by atoms with Crippen LogP contribution in [0.5, 0.6) is 0 Å². The number of piperidine rings is 1. The lowest BCUT2D eigenvalue weighted by Gasteiger charge is -2.32. The van der Waals surface area contributed by atoms with E-state index in [9.17, 15) is 9.59 Å². The van der Waals surface area contributed by atoms with E-state index < -0.39 is 5.91 Å². The Kier molecular flexibility index (Phi) is 3.20. The fourth-order valence-electron chi connectivity index (χ4n) is 2.18. The van der Waals surface area contributed by atoms with Crippen LogP contribution in [-0.4, -0.2) is 49.4 Å². The highest BCUT2D eigenvalue weighted by Gasteiger charge is 2.28. The standard InChI is InChI=1S/C10H17N3O2/c14-9-10(15)13(6-5-12-9)7-8-1-3-11-4-2-8/h8,11H,1-7H2,(H,12,14). The van der Waals surface area contributed by atoms with Crippen LogP contribution in [0, 0.1) is 5.92 Å². The second kappa shape index (κ2) is 4.61. The van der Waals surface area contributed by atoms with Crippen molar-refractivity contribution in [1.82, 2.24) is 15.5 Å². The van der Waals surface area contributed by atoms with Gasteiger partial charge in [0.05, 0.1) is 0 Å². The summed E-state index contributed by atoms with van der Waals surface area (Å²) in [6, 6.07) is 0. The first-order valence-corrected chi connectivity index (χ1v) is 5.55. The van der Waals surface area contributed by atoms with Crippen molar-refractivity contribution in [1.29, 1.82) is 0 Å². The Labute approximate surface area is 89.2 Å². The molecule has 15 heavy (non-hydrogen) atoms. The number of piperazine rings is 1. The molecule has 0 spiro atoms. The van der Waals surface area contributed by atoms with E-state index >= 15 is 0 Å². The highest BCUT2D eigenvalue weighted by molar-refractivity contribution is 6.35. The maximum Gasteiger partial charge on any atom is 0.311 e. The lowest BCUT2D eigenvalue weighted by atomic mass is 9.97. The summed E-state index contributed by atoms with van der Waals surface area (Å²) in [4.78, 5) is 24.3. The van der Waals surface area contributed by atoms with Gasteiger partial charge in [-0.2, -0.15) is 0 Å². The summed E-state index contributed by atoms with van der Waals surface area (Å²) >= 11 is 0. The van der Waals surface area contributed by atoms with Crippen LogP contribution >= 0.6 is 0 Å². The van der Waals surface area contributed by atoms with Crippen molar-refractivity contribution in [2.45, 2.75) is 12.8 Å². The Balaban J connectivity index is 1.86. The van der Waals surface area contributed by atoms with Gasteiger partial charge in [0.2, 0.25) is 0 Å². The van der Waals surface area contributed by atoms with E-state index in [0.29, 0.717) is 19.0 Å². The summed E-state index contributed by atoms with van der Waals surface area (Å²) in [6.45, 7) is 4.05. The third-order valence-corrected chi connectivity index (χ3v) is 3.09. The molecule has 0 aromatic rings. The van der Waals surface area contributed by atoms with E-state index in [0.717, 1.165) is 32.5 Å². The third-order valence-electron chi connectivity index (χ3n) is 3.09. The minimum atomic E-state index is -0.449. The molecule has 2 N–H and O–H groups in total. The molecule has 84 valence electrons. The Morgan fingerprint density at radius 1 is 1.20 bits per heavy atom. The van der Waals surface area contributed by atoms with Crippen molar-refractivity contribution in [2.75, 3.05) is 32.7 Å². The number of hydrogen-bond donors (Lipinski definition) is 2. The molecular formula is C10H17N3O2. The topological polar surface area (TPSA) is 61.4 Å². The number of nitrogens with one attached hydrogen (secondary N) is 2. The van der Waals surface area contributed by atoms with E-state index in [4.69, 9.17) is 0 Å². The predicted octanol–water partition coefficient (Wildman–Crippen LogP) is -1.06. The van der Waals surface area contributed by atoms with Gasteiger partial charge in [-0.05, 0) is 31.8 Å². The smallest absolute Gasteiger partial charge is 0.311 e. The van der Waals surface area contributed by atoms with Crippen LogP contribution in [0.3, 0.4) is 0 Å². The molecule has 5 nitrogen and oxygen atoms in total. The summed E-state index contributed by atoms with van der Waals surface area (Å²) in [5.74, 6) is -0.254. The Morgan fingerprint density at radius 2 is 1.93 bits per heavy atom. The molecule has 0 unspecified atom stereocenters. The molecule has 5 heteroatoms. The molecule has 2 aliphatic heterocycles. The zero-order valence-electron chi connectivity index (χ0n) is 8.79. The first kappa shape index (κ1) is 10.4. The highest BCUT2D eigenvalue weighted by atomic mass is 16.2. The van der Waals surface area contributed by atoms with Gasteiger partial charge in [0, 0.05) is 19.6 Å². The Morgan fingerprint density at radius 3 is 2.67 bits per heavy atom. The molecule has 0 aliphatic carbocycles. The van der Waals surface area contributed by atoms with Crippen LogP contribution in [0.4, 0.5) is 0 Å². The maximum atomic E-state index is 11.5. The van der Waals surface area contributed by atoms with Crippen LogP contribution in [0.25, 0.3) is 0 Å². The van der Waals surface area contributed by atoms with Crippen LogP contribution < -0.4 is 10.6 Å². The fourth-order valence-corrected chi connectivity index (χ4v) is 2.18. The molecular weight excluding hydrogens is 194 g/mol. The predicted molar refractivity (Wildman–Crippen MR) is 55.2 cm³/mol. The van der Waals surface area contributed by atoms with Crippen LogP contribution in [-0.2, 0) is 9.59 Å². The van der Waals surface area contributed by atoms with Gasteiger partial charge in [0.15, 0.2) is 0 Å². The van der Waals surface area contributed by atoms with E-state index in [1.165, 1.54) is 0 Å². The summed E-state index contributed by atoms with van der Waals surface area (Å²) < 4.78 is 0. The Hall–Kier alpha value is -1.10. The van der Waals surface area contributed by atoms with Gasteiger partial charge < -0.3 is 15.5 Å². The summed E-state index contributed by atoms with van der Waals surface area (Å²) in [6.07, 6.45) is 2.21. The molecule has 0 aromatic carbocycles. The molecule has 2 amide bonds. The number of hydrogen-bond acceptors (Lipinski definition) is 3. The second-order valence-electron chi connectivity index (χ2n) is 4.20. The lowest BCUT2D eigenvalue weighted by Crippen LogP contribution is -2.53. The maximum absolute atomic E-state index is 11.5. The molecule has 2 saturated heterocycles. The van der Waals surface area contributed by atoms with Crippen LogP contribution in [0.15, 0.2) is 0 Å². The highest BCUT2D eigenvalue weighted by Crippen LogP contribution is 2.14. The molecule has 0 radical (unpaired) electrons. The number of rotatable bonds is 2. The summed E-state index contributed by atoms with van der Waals surface area (Å²) in [5, 5.41) is 5.85. The molecule has 2 rings (SSSR count). The van der Waals surface area contributed by atoms with Gasteiger partial charge in [0.1, 0.15) is 0 Å². The minimum Gasteiger partial charge on any atom is -0.346 e. The van der Waals surface area contributed by atoms with Gasteiger partial charge in [-0.15, -0.1) is 0 Å². The largest absolute Gasteiger partial charge is 0.346 e. The first-order chi connectivity index (χ1) is 7.27. The average Bonchev–Trinajstić information content (AvgIpc) is 2.26. The number of carbonyl (C=O) groups excluding carboxylic acids is 2. The normalized spacial score (nSPS) is 24.1. The zero-order chi connectivity index (χ0) is 10.7. The number of carbonyl (C=O) groups is 2. The Bertz CT molecular complexity index is 261. The molecule has 0 aromatic heterocycles. The van der Waals surface area contributed by atoms with Crippen molar-refractivity contribution >= 4 is 11.8 Å².